The first-order valence-corrected chi connectivity index (χ1v) is 4.37. The standard InChI is InChI=1S/C6H13NS2/c8-6-3-1-5(7-9)2-4-6/h5-9H,1-4H2. The van der Waals surface area contributed by atoms with Crippen molar-refractivity contribution in [3.63, 3.8) is 0 Å². The highest BCUT2D eigenvalue weighted by atomic mass is 32.1. The number of thiol groups is 2. The minimum absolute atomic E-state index is 0.636. The van der Waals surface area contributed by atoms with Crippen LogP contribution in [0.1, 0.15) is 25.7 Å². The minimum Gasteiger partial charge on any atom is -0.264 e. The zero-order valence-electron chi connectivity index (χ0n) is 5.38. The Balaban J connectivity index is 2.18. The summed E-state index contributed by atoms with van der Waals surface area (Å²) in [6.45, 7) is 0. The number of rotatable bonds is 1. The summed E-state index contributed by atoms with van der Waals surface area (Å²) in [5.74, 6) is 0. The Bertz CT molecular complexity index is 79.1. The van der Waals surface area contributed by atoms with Crippen molar-refractivity contribution in [1.29, 1.82) is 0 Å². The van der Waals surface area contributed by atoms with Gasteiger partial charge in [-0.3, -0.25) is 4.72 Å². The molecule has 0 bridgehead atoms. The van der Waals surface area contributed by atoms with Crippen molar-refractivity contribution >= 4 is 25.4 Å². The van der Waals surface area contributed by atoms with Gasteiger partial charge in [0.25, 0.3) is 0 Å². The van der Waals surface area contributed by atoms with E-state index in [1.165, 1.54) is 25.7 Å². The Labute approximate surface area is 67.6 Å². The first-order valence-electron chi connectivity index (χ1n) is 3.40. The van der Waals surface area contributed by atoms with Crippen molar-refractivity contribution in [2.45, 2.75) is 37.0 Å². The maximum atomic E-state index is 4.39. The lowest BCUT2D eigenvalue weighted by atomic mass is 9.96. The topological polar surface area (TPSA) is 12.0 Å². The minimum atomic E-state index is 0.636. The van der Waals surface area contributed by atoms with Crippen LogP contribution in [0.25, 0.3) is 0 Å². The van der Waals surface area contributed by atoms with Crippen molar-refractivity contribution in [3.8, 4) is 0 Å². The number of nitrogens with one attached hydrogen (secondary N) is 1. The molecule has 54 valence electrons. The molecule has 3 heteroatoms. The Morgan fingerprint density at radius 3 is 2.11 bits per heavy atom. The van der Waals surface area contributed by atoms with Crippen molar-refractivity contribution in [2.24, 2.45) is 0 Å². The average molecular weight is 163 g/mol. The van der Waals surface area contributed by atoms with Crippen LogP contribution in [0, 0.1) is 0 Å². The van der Waals surface area contributed by atoms with Crippen LogP contribution in [0.15, 0.2) is 0 Å². The van der Waals surface area contributed by atoms with E-state index in [1.54, 1.807) is 0 Å². The maximum absolute atomic E-state index is 4.39. The maximum Gasteiger partial charge on any atom is 0.0170 e. The molecule has 1 saturated carbocycles. The van der Waals surface area contributed by atoms with Gasteiger partial charge in [-0.25, -0.2) is 0 Å². The smallest absolute Gasteiger partial charge is 0.0170 e. The predicted molar refractivity (Wildman–Crippen MR) is 47.2 cm³/mol. The molecule has 0 aromatic carbocycles. The third-order valence-corrected chi connectivity index (χ3v) is 2.76. The zero-order valence-corrected chi connectivity index (χ0v) is 7.17. The van der Waals surface area contributed by atoms with E-state index < -0.39 is 0 Å². The molecule has 1 rings (SSSR count). The fourth-order valence-corrected chi connectivity index (χ4v) is 1.76. The molecular formula is C6H13NS2. The highest BCUT2D eigenvalue weighted by molar-refractivity contribution is 7.81. The molecular weight excluding hydrogens is 150 g/mol. The molecule has 1 N–H and O–H groups in total. The van der Waals surface area contributed by atoms with Gasteiger partial charge in [-0.15, -0.1) is 0 Å². The number of hydrogen-bond acceptors (Lipinski definition) is 3. The van der Waals surface area contributed by atoms with Gasteiger partial charge < -0.3 is 0 Å². The van der Waals surface area contributed by atoms with Crippen molar-refractivity contribution in [2.75, 3.05) is 0 Å². The molecule has 0 aromatic heterocycles. The summed E-state index contributed by atoms with van der Waals surface area (Å²) in [7, 11) is 0. The Morgan fingerprint density at radius 1 is 1.11 bits per heavy atom. The van der Waals surface area contributed by atoms with E-state index in [2.05, 4.69) is 30.2 Å². The molecule has 0 radical (unpaired) electrons. The fraction of sp³-hybridized carbons (Fsp3) is 1.00. The van der Waals surface area contributed by atoms with Crippen LogP contribution < -0.4 is 4.72 Å². The van der Waals surface area contributed by atoms with Gasteiger partial charge in [0.15, 0.2) is 0 Å². The van der Waals surface area contributed by atoms with E-state index in [0.29, 0.717) is 11.3 Å². The Morgan fingerprint density at radius 2 is 1.67 bits per heavy atom. The van der Waals surface area contributed by atoms with Gasteiger partial charge in [0.2, 0.25) is 0 Å². The molecule has 0 aliphatic heterocycles. The van der Waals surface area contributed by atoms with Gasteiger partial charge >= 0.3 is 0 Å². The normalized spacial score (nSPS) is 36.7. The van der Waals surface area contributed by atoms with Gasteiger partial charge in [-0.2, -0.15) is 12.6 Å². The largest absolute Gasteiger partial charge is 0.264 e. The van der Waals surface area contributed by atoms with E-state index in [1.807, 2.05) is 0 Å². The summed E-state index contributed by atoms with van der Waals surface area (Å²) in [5, 5.41) is 0.642. The summed E-state index contributed by atoms with van der Waals surface area (Å²) in [4.78, 5) is 0. The van der Waals surface area contributed by atoms with Gasteiger partial charge in [-0.1, -0.05) is 12.8 Å². The van der Waals surface area contributed by atoms with Crippen LogP contribution >= 0.6 is 25.4 Å². The van der Waals surface area contributed by atoms with Gasteiger partial charge in [0, 0.05) is 11.3 Å². The third kappa shape index (κ3) is 2.40. The van der Waals surface area contributed by atoms with Crippen molar-refractivity contribution in [1.82, 2.24) is 4.72 Å². The summed E-state index contributed by atoms with van der Waals surface area (Å²) in [6, 6.07) is 0.636. The molecule has 1 aliphatic rings. The second-order valence-corrected chi connectivity index (χ2v) is 3.62. The molecule has 0 atom stereocenters. The Hall–Kier alpha value is 0.660. The highest BCUT2D eigenvalue weighted by Gasteiger charge is 2.16. The van der Waals surface area contributed by atoms with Crippen molar-refractivity contribution < 1.29 is 0 Å². The second-order valence-electron chi connectivity index (χ2n) is 2.63. The van der Waals surface area contributed by atoms with Gasteiger partial charge in [-0.05, 0) is 25.7 Å². The molecule has 0 heterocycles. The van der Waals surface area contributed by atoms with Crippen LogP contribution in [-0.2, 0) is 0 Å². The molecule has 0 aromatic rings. The van der Waals surface area contributed by atoms with Crippen LogP contribution in [0.3, 0.4) is 0 Å². The zero-order chi connectivity index (χ0) is 6.69. The molecule has 1 aliphatic carbocycles. The highest BCUT2D eigenvalue weighted by Crippen LogP contribution is 2.22. The van der Waals surface area contributed by atoms with Gasteiger partial charge in [0.05, 0.1) is 0 Å². The number of hydrogen-bond donors (Lipinski definition) is 3. The van der Waals surface area contributed by atoms with E-state index in [0.717, 1.165) is 0 Å². The summed E-state index contributed by atoms with van der Waals surface area (Å²) in [6.07, 6.45) is 4.94. The van der Waals surface area contributed by atoms with Gasteiger partial charge in [0.1, 0.15) is 0 Å². The molecule has 0 amide bonds. The SMILES string of the molecule is SNC1CCC(S)CC1. The van der Waals surface area contributed by atoms with E-state index >= 15 is 0 Å². The molecule has 0 unspecified atom stereocenters. The van der Waals surface area contributed by atoms with Crippen LogP contribution in [-0.4, -0.2) is 11.3 Å². The third-order valence-electron chi connectivity index (χ3n) is 1.88. The monoisotopic (exact) mass is 163 g/mol. The first kappa shape index (κ1) is 7.76. The van der Waals surface area contributed by atoms with E-state index in [9.17, 15) is 0 Å². The summed E-state index contributed by atoms with van der Waals surface area (Å²) < 4.78 is 2.98. The molecule has 0 spiro atoms. The lowest BCUT2D eigenvalue weighted by Crippen LogP contribution is -2.27. The lowest BCUT2D eigenvalue weighted by Gasteiger charge is -2.24. The molecule has 1 fully saturated rings. The van der Waals surface area contributed by atoms with Crippen LogP contribution in [0.4, 0.5) is 0 Å². The lowest BCUT2D eigenvalue weighted by molar-refractivity contribution is 0.434. The fourth-order valence-electron chi connectivity index (χ4n) is 1.20. The van der Waals surface area contributed by atoms with Crippen LogP contribution in [0.2, 0.25) is 0 Å². The first-order chi connectivity index (χ1) is 4.33. The molecule has 1 nitrogen and oxygen atoms in total. The quantitative estimate of drug-likeness (QED) is 0.499. The molecule has 0 saturated heterocycles. The van der Waals surface area contributed by atoms with Crippen molar-refractivity contribution in [3.05, 3.63) is 0 Å². The van der Waals surface area contributed by atoms with Crippen LogP contribution in [0.5, 0.6) is 0 Å². The van der Waals surface area contributed by atoms with E-state index in [-0.39, 0.29) is 0 Å². The summed E-state index contributed by atoms with van der Waals surface area (Å²) in [5.41, 5.74) is 0. The predicted octanol–water partition coefficient (Wildman–Crippen LogP) is 1.66. The Kier molecular flexibility index (Phi) is 3.22. The van der Waals surface area contributed by atoms with E-state index in [4.69, 9.17) is 0 Å². The second kappa shape index (κ2) is 3.74. The average Bonchev–Trinajstić information content (AvgIpc) is 1.90. The molecule has 9 heavy (non-hydrogen) atoms. The summed E-state index contributed by atoms with van der Waals surface area (Å²) >= 11 is 8.41.